The van der Waals surface area contributed by atoms with Crippen molar-refractivity contribution in [3.05, 3.63) is 17.0 Å². The molecule has 0 saturated heterocycles. The van der Waals surface area contributed by atoms with E-state index in [2.05, 4.69) is 5.32 Å². The minimum absolute atomic E-state index is 0.142. The van der Waals surface area contributed by atoms with Crippen molar-refractivity contribution in [2.24, 2.45) is 0 Å². The number of hydrogen-bond donors (Lipinski definition) is 2. The average Bonchev–Trinajstić information content (AvgIpc) is 2.62. The molecule has 16 heavy (non-hydrogen) atoms. The van der Waals surface area contributed by atoms with Crippen LogP contribution in [0.4, 0.5) is 5.00 Å². The van der Waals surface area contributed by atoms with Gasteiger partial charge in [0.15, 0.2) is 0 Å². The van der Waals surface area contributed by atoms with Gasteiger partial charge in [-0.3, -0.25) is 4.79 Å². The molecule has 0 bridgehead atoms. The van der Waals surface area contributed by atoms with Crippen molar-refractivity contribution in [1.29, 1.82) is 0 Å². The van der Waals surface area contributed by atoms with Crippen LogP contribution in [0.25, 0.3) is 0 Å². The summed E-state index contributed by atoms with van der Waals surface area (Å²) in [6.07, 6.45) is 0.351. The number of nitrogens with one attached hydrogen (secondary N) is 1. The van der Waals surface area contributed by atoms with Gasteiger partial charge in [0.1, 0.15) is 5.00 Å². The maximum atomic E-state index is 11.5. The van der Waals surface area contributed by atoms with Crippen molar-refractivity contribution in [2.75, 3.05) is 26.0 Å². The van der Waals surface area contributed by atoms with E-state index in [0.717, 1.165) is 0 Å². The molecule has 88 valence electrons. The fourth-order valence-electron chi connectivity index (χ4n) is 1.09. The Morgan fingerprint density at radius 2 is 2.19 bits per heavy atom. The second-order valence-electron chi connectivity index (χ2n) is 3.57. The zero-order valence-corrected chi connectivity index (χ0v) is 10.0. The Kier molecular flexibility index (Phi) is 4.45. The summed E-state index contributed by atoms with van der Waals surface area (Å²) in [5.74, 6) is -1.19. The van der Waals surface area contributed by atoms with Gasteiger partial charge in [0.2, 0.25) is 5.91 Å². The quantitative estimate of drug-likeness (QED) is 0.817. The summed E-state index contributed by atoms with van der Waals surface area (Å²) in [7, 11) is 3.75. The molecule has 6 heteroatoms. The highest BCUT2D eigenvalue weighted by Crippen LogP contribution is 2.23. The molecule has 1 aromatic rings. The zero-order valence-electron chi connectivity index (χ0n) is 9.19. The third-order valence-electron chi connectivity index (χ3n) is 1.93. The topological polar surface area (TPSA) is 69.6 Å². The lowest BCUT2D eigenvalue weighted by molar-refractivity contribution is -0.116. The summed E-state index contributed by atoms with van der Waals surface area (Å²) in [4.78, 5) is 24.1. The summed E-state index contributed by atoms with van der Waals surface area (Å²) < 4.78 is 0. The fraction of sp³-hybridized carbons (Fsp3) is 0.400. The van der Waals surface area contributed by atoms with E-state index in [0.29, 0.717) is 18.0 Å². The molecule has 0 spiro atoms. The van der Waals surface area contributed by atoms with Crippen molar-refractivity contribution in [3.63, 3.8) is 0 Å². The molecule has 0 aromatic carbocycles. The molecule has 0 aliphatic heterocycles. The lowest BCUT2D eigenvalue weighted by atomic mass is 10.3. The molecule has 5 nitrogen and oxygen atoms in total. The molecule has 0 radical (unpaired) electrons. The van der Waals surface area contributed by atoms with Gasteiger partial charge < -0.3 is 15.3 Å². The molecule has 1 rings (SSSR count). The van der Waals surface area contributed by atoms with Crippen molar-refractivity contribution in [2.45, 2.75) is 6.42 Å². The highest BCUT2D eigenvalue weighted by molar-refractivity contribution is 7.14. The first-order valence-electron chi connectivity index (χ1n) is 4.76. The van der Waals surface area contributed by atoms with Gasteiger partial charge in [0.05, 0.1) is 5.56 Å². The van der Waals surface area contributed by atoms with Gasteiger partial charge in [-0.15, -0.1) is 11.3 Å². The second kappa shape index (κ2) is 5.62. The summed E-state index contributed by atoms with van der Waals surface area (Å²) >= 11 is 1.21. The summed E-state index contributed by atoms with van der Waals surface area (Å²) in [6.45, 7) is 0.639. The van der Waals surface area contributed by atoms with E-state index in [1.54, 1.807) is 5.38 Å². The normalized spacial score (nSPS) is 10.4. The molecular weight excluding hydrogens is 228 g/mol. The van der Waals surface area contributed by atoms with Crippen LogP contribution in [-0.4, -0.2) is 42.5 Å². The Morgan fingerprint density at radius 3 is 2.75 bits per heavy atom. The molecule has 0 unspecified atom stereocenters. The van der Waals surface area contributed by atoms with Crippen LogP contribution in [0.15, 0.2) is 11.4 Å². The van der Waals surface area contributed by atoms with Crippen LogP contribution in [0.5, 0.6) is 0 Å². The molecule has 0 aliphatic carbocycles. The van der Waals surface area contributed by atoms with E-state index in [-0.39, 0.29) is 11.5 Å². The fourth-order valence-corrected chi connectivity index (χ4v) is 1.88. The van der Waals surface area contributed by atoms with Gasteiger partial charge in [-0.25, -0.2) is 4.79 Å². The predicted molar refractivity (Wildman–Crippen MR) is 63.1 cm³/mol. The smallest absolute Gasteiger partial charge is 0.338 e. The Labute approximate surface area is 97.7 Å². The van der Waals surface area contributed by atoms with Crippen molar-refractivity contribution < 1.29 is 14.7 Å². The van der Waals surface area contributed by atoms with Crippen LogP contribution in [0.2, 0.25) is 0 Å². The number of aromatic carboxylic acids is 1. The first-order valence-corrected chi connectivity index (χ1v) is 5.64. The maximum Gasteiger partial charge on any atom is 0.338 e. The van der Waals surface area contributed by atoms with Crippen molar-refractivity contribution in [3.8, 4) is 0 Å². The van der Waals surface area contributed by atoms with Gasteiger partial charge in [-0.2, -0.15) is 0 Å². The summed E-state index contributed by atoms with van der Waals surface area (Å²) in [5, 5.41) is 13.5. The molecule has 2 N–H and O–H groups in total. The van der Waals surface area contributed by atoms with Crippen LogP contribution < -0.4 is 5.32 Å². The third-order valence-corrected chi connectivity index (χ3v) is 2.76. The highest BCUT2D eigenvalue weighted by Gasteiger charge is 2.13. The monoisotopic (exact) mass is 242 g/mol. The van der Waals surface area contributed by atoms with Crippen LogP contribution >= 0.6 is 11.3 Å². The number of rotatable bonds is 5. The van der Waals surface area contributed by atoms with Gasteiger partial charge in [-0.05, 0) is 25.5 Å². The molecule has 1 amide bonds. The van der Waals surface area contributed by atoms with Crippen molar-refractivity contribution in [1.82, 2.24) is 4.90 Å². The Balaban J connectivity index is 2.56. The molecule has 0 atom stereocenters. The summed E-state index contributed by atoms with van der Waals surface area (Å²) in [5.41, 5.74) is 0.142. The zero-order chi connectivity index (χ0) is 12.1. The third kappa shape index (κ3) is 3.63. The lowest BCUT2D eigenvalue weighted by Gasteiger charge is -2.09. The maximum absolute atomic E-state index is 11.5. The molecule has 0 saturated carbocycles. The number of amides is 1. The van der Waals surface area contributed by atoms with Gasteiger partial charge in [-0.1, -0.05) is 0 Å². The Hall–Kier alpha value is -1.40. The second-order valence-corrected chi connectivity index (χ2v) is 4.49. The van der Waals surface area contributed by atoms with E-state index in [4.69, 9.17) is 5.11 Å². The standard InChI is InChI=1S/C10H14N2O3S/c1-12(2)5-3-8(13)11-9-7(10(14)15)4-6-16-9/h4,6H,3,5H2,1-2H3,(H,11,13)(H,14,15). The number of nitrogens with zero attached hydrogens (tertiary/aromatic N) is 1. The number of carboxylic acids is 1. The van der Waals surface area contributed by atoms with E-state index in [9.17, 15) is 9.59 Å². The number of thiophene rings is 1. The predicted octanol–water partition coefficient (Wildman–Crippen LogP) is 1.34. The Bertz CT molecular complexity index is 387. The van der Waals surface area contributed by atoms with Crippen LogP contribution in [-0.2, 0) is 4.79 Å². The minimum atomic E-state index is -1.02. The van der Waals surface area contributed by atoms with E-state index >= 15 is 0 Å². The first kappa shape index (κ1) is 12.7. The molecular formula is C10H14N2O3S. The first-order chi connectivity index (χ1) is 7.50. The molecule has 1 aromatic heterocycles. The number of carboxylic acid groups (broad SMARTS) is 1. The molecule has 1 heterocycles. The van der Waals surface area contributed by atoms with Crippen LogP contribution in [0, 0.1) is 0 Å². The van der Waals surface area contributed by atoms with Gasteiger partial charge in [0.25, 0.3) is 0 Å². The van der Waals surface area contributed by atoms with E-state index in [1.807, 2.05) is 19.0 Å². The SMILES string of the molecule is CN(C)CCC(=O)Nc1sccc1C(=O)O. The van der Waals surface area contributed by atoms with Crippen LogP contribution in [0.1, 0.15) is 16.8 Å². The summed E-state index contributed by atoms with van der Waals surface area (Å²) in [6, 6.07) is 1.48. The van der Waals surface area contributed by atoms with Crippen LogP contribution in [0.3, 0.4) is 0 Å². The number of anilines is 1. The Morgan fingerprint density at radius 1 is 1.50 bits per heavy atom. The van der Waals surface area contributed by atoms with Gasteiger partial charge in [0, 0.05) is 13.0 Å². The largest absolute Gasteiger partial charge is 0.478 e. The highest BCUT2D eigenvalue weighted by atomic mass is 32.1. The lowest BCUT2D eigenvalue weighted by Crippen LogP contribution is -2.21. The molecule has 0 aliphatic rings. The molecule has 0 fully saturated rings. The minimum Gasteiger partial charge on any atom is -0.478 e. The number of hydrogen-bond acceptors (Lipinski definition) is 4. The van der Waals surface area contributed by atoms with E-state index in [1.165, 1.54) is 17.4 Å². The number of carbonyl (C=O) groups excluding carboxylic acids is 1. The van der Waals surface area contributed by atoms with E-state index < -0.39 is 5.97 Å². The number of carbonyl (C=O) groups is 2. The van der Waals surface area contributed by atoms with Gasteiger partial charge >= 0.3 is 5.97 Å². The van der Waals surface area contributed by atoms with Crippen molar-refractivity contribution >= 4 is 28.2 Å². The average molecular weight is 242 g/mol.